The van der Waals surface area contributed by atoms with Crippen LogP contribution in [0.3, 0.4) is 0 Å². The molecule has 2 rings (SSSR count). The van der Waals surface area contributed by atoms with Crippen LogP contribution in [0.2, 0.25) is 0 Å². The molecule has 0 amide bonds. The number of benzene rings is 1. The largest absolute Gasteiger partial charge is 0.481 e. The topological polar surface area (TPSA) is 72.3 Å². The van der Waals surface area contributed by atoms with E-state index >= 15 is 0 Å². The Morgan fingerprint density at radius 3 is 2.95 bits per heavy atom. The molecule has 1 aromatic carbocycles. The number of carboxylic acid groups (broad SMARTS) is 1. The van der Waals surface area contributed by atoms with Crippen molar-refractivity contribution in [3.05, 3.63) is 29.8 Å². The van der Waals surface area contributed by atoms with Crippen LogP contribution in [0.15, 0.2) is 23.2 Å². The fourth-order valence-electron chi connectivity index (χ4n) is 1.55. The molecule has 1 aromatic heterocycles. The lowest BCUT2D eigenvalue weighted by atomic mass is 10.2. The Balaban J connectivity index is 2.48. The summed E-state index contributed by atoms with van der Waals surface area (Å²) in [7, 11) is 1.52. The molecule has 0 aliphatic heterocycles. The van der Waals surface area contributed by atoms with E-state index in [2.05, 4.69) is 9.97 Å². The third kappa shape index (κ3) is 3.39. The summed E-state index contributed by atoms with van der Waals surface area (Å²) in [4.78, 5) is 19.1. The number of fused-ring (bicyclic) bond motifs is 1. The van der Waals surface area contributed by atoms with E-state index in [0.717, 1.165) is 11.8 Å². The second kappa shape index (κ2) is 5.94. The third-order valence-electron chi connectivity index (χ3n) is 2.27. The second-order valence-corrected chi connectivity index (χ2v) is 4.69. The highest BCUT2D eigenvalue weighted by Gasteiger charge is 2.11. The maximum atomic E-state index is 13.3. The van der Waals surface area contributed by atoms with Crippen molar-refractivity contribution in [3.8, 4) is 0 Å². The third-order valence-corrected chi connectivity index (χ3v) is 3.25. The first kappa shape index (κ1) is 13.7. The van der Waals surface area contributed by atoms with Crippen molar-refractivity contribution in [2.45, 2.75) is 11.6 Å². The number of ether oxygens (including phenoxy) is 1. The van der Waals surface area contributed by atoms with Crippen LogP contribution in [0.5, 0.6) is 0 Å². The maximum Gasteiger partial charge on any atom is 0.313 e. The van der Waals surface area contributed by atoms with Gasteiger partial charge in [-0.2, -0.15) is 0 Å². The molecule has 0 fully saturated rings. The van der Waals surface area contributed by atoms with Crippen LogP contribution in [0.4, 0.5) is 4.39 Å². The maximum absolute atomic E-state index is 13.3. The van der Waals surface area contributed by atoms with Crippen LogP contribution < -0.4 is 0 Å². The predicted octanol–water partition coefficient (Wildman–Crippen LogP) is 2.09. The molecule has 0 radical (unpaired) electrons. The molecule has 0 bridgehead atoms. The number of aliphatic carboxylic acids is 1. The first-order valence-corrected chi connectivity index (χ1v) is 6.38. The van der Waals surface area contributed by atoms with Crippen LogP contribution in [-0.2, 0) is 16.1 Å². The Bertz CT molecular complexity index is 621. The Kier molecular flexibility index (Phi) is 4.28. The van der Waals surface area contributed by atoms with E-state index < -0.39 is 11.8 Å². The minimum absolute atomic E-state index is 0.144. The van der Waals surface area contributed by atoms with Gasteiger partial charge in [-0.3, -0.25) is 4.79 Å². The number of thioether (sulfide) groups is 1. The van der Waals surface area contributed by atoms with Crippen molar-refractivity contribution < 1.29 is 19.0 Å². The van der Waals surface area contributed by atoms with Gasteiger partial charge in [0.05, 0.1) is 11.3 Å². The zero-order valence-corrected chi connectivity index (χ0v) is 10.9. The number of methoxy groups -OCH3 is 1. The SMILES string of the molecule is COCc1nc(SCC(=O)O)c2cc(F)ccc2n1. The van der Waals surface area contributed by atoms with E-state index in [1.165, 1.54) is 25.3 Å². The van der Waals surface area contributed by atoms with Crippen LogP contribution in [0.1, 0.15) is 5.82 Å². The summed E-state index contributed by atoms with van der Waals surface area (Å²) >= 11 is 1.03. The van der Waals surface area contributed by atoms with Crippen LogP contribution in [-0.4, -0.2) is 33.9 Å². The van der Waals surface area contributed by atoms with Gasteiger partial charge in [-0.25, -0.2) is 14.4 Å². The van der Waals surface area contributed by atoms with Crippen molar-refractivity contribution >= 4 is 28.6 Å². The summed E-state index contributed by atoms with van der Waals surface area (Å²) < 4.78 is 18.2. The molecule has 1 N–H and O–H groups in total. The summed E-state index contributed by atoms with van der Waals surface area (Å²) in [6, 6.07) is 4.14. The van der Waals surface area contributed by atoms with Crippen molar-refractivity contribution in [3.63, 3.8) is 0 Å². The van der Waals surface area contributed by atoms with Crippen LogP contribution in [0, 0.1) is 5.82 Å². The van der Waals surface area contributed by atoms with Gasteiger partial charge >= 0.3 is 5.97 Å². The number of aromatic nitrogens is 2. The molecule has 0 aliphatic rings. The van der Waals surface area contributed by atoms with Gasteiger partial charge in [0.25, 0.3) is 0 Å². The fourth-order valence-corrected chi connectivity index (χ4v) is 2.30. The number of carbonyl (C=O) groups is 1. The van der Waals surface area contributed by atoms with Gasteiger partial charge in [-0.15, -0.1) is 0 Å². The normalized spacial score (nSPS) is 10.8. The quantitative estimate of drug-likeness (QED) is 0.668. The van der Waals surface area contributed by atoms with E-state index in [0.29, 0.717) is 21.8 Å². The molecule has 2 aromatic rings. The van der Waals surface area contributed by atoms with Crippen molar-refractivity contribution in [1.29, 1.82) is 0 Å². The molecule has 0 saturated carbocycles. The minimum Gasteiger partial charge on any atom is -0.481 e. The van der Waals surface area contributed by atoms with Gasteiger partial charge in [0.1, 0.15) is 17.5 Å². The van der Waals surface area contributed by atoms with Gasteiger partial charge in [-0.1, -0.05) is 11.8 Å². The Hall–Kier alpha value is -1.73. The highest BCUT2D eigenvalue weighted by Crippen LogP contribution is 2.26. The smallest absolute Gasteiger partial charge is 0.313 e. The summed E-state index contributed by atoms with van der Waals surface area (Å²) in [6.07, 6.45) is 0. The standard InChI is InChI=1S/C12H11FN2O3S/c1-18-5-10-14-9-3-2-7(13)4-8(9)12(15-10)19-6-11(16)17/h2-4H,5-6H2,1H3,(H,16,17). The van der Waals surface area contributed by atoms with E-state index in [4.69, 9.17) is 9.84 Å². The fraction of sp³-hybridized carbons (Fsp3) is 0.250. The zero-order chi connectivity index (χ0) is 13.8. The number of hydrogen-bond donors (Lipinski definition) is 1. The van der Waals surface area contributed by atoms with Crippen molar-refractivity contribution in [2.24, 2.45) is 0 Å². The van der Waals surface area contributed by atoms with E-state index in [9.17, 15) is 9.18 Å². The second-order valence-electron chi connectivity index (χ2n) is 3.72. The van der Waals surface area contributed by atoms with Gasteiger partial charge < -0.3 is 9.84 Å². The first-order chi connectivity index (χ1) is 9.10. The van der Waals surface area contributed by atoms with E-state index in [1.54, 1.807) is 0 Å². The Morgan fingerprint density at radius 2 is 2.26 bits per heavy atom. The molecule has 7 heteroatoms. The summed E-state index contributed by atoms with van der Waals surface area (Å²) in [5.41, 5.74) is 0.566. The highest BCUT2D eigenvalue weighted by atomic mass is 32.2. The number of nitrogens with zero attached hydrogens (tertiary/aromatic N) is 2. The predicted molar refractivity (Wildman–Crippen MR) is 68.6 cm³/mol. The van der Waals surface area contributed by atoms with Crippen molar-refractivity contribution in [1.82, 2.24) is 9.97 Å². The number of halogens is 1. The average molecular weight is 282 g/mol. The first-order valence-electron chi connectivity index (χ1n) is 5.40. The molecule has 0 atom stereocenters. The molecule has 1 heterocycles. The molecule has 19 heavy (non-hydrogen) atoms. The zero-order valence-electron chi connectivity index (χ0n) is 10.1. The number of carboxylic acids is 1. The van der Waals surface area contributed by atoms with E-state index in [1.807, 2.05) is 0 Å². The molecular weight excluding hydrogens is 271 g/mol. The minimum atomic E-state index is -0.957. The molecular formula is C12H11FN2O3S. The summed E-state index contributed by atoms with van der Waals surface area (Å²) in [6.45, 7) is 0.216. The lowest BCUT2D eigenvalue weighted by Crippen LogP contribution is -2.02. The lowest BCUT2D eigenvalue weighted by Gasteiger charge is -2.07. The van der Waals surface area contributed by atoms with Gasteiger partial charge in [0, 0.05) is 12.5 Å². The number of rotatable bonds is 5. The van der Waals surface area contributed by atoms with Crippen LogP contribution in [0.25, 0.3) is 10.9 Å². The molecule has 5 nitrogen and oxygen atoms in total. The molecule has 0 spiro atoms. The Morgan fingerprint density at radius 1 is 1.47 bits per heavy atom. The molecule has 0 saturated heterocycles. The summed E-state index contributed by atoms with van der Waals surface area (Å²) in [5, 5.41) is 9.66. The Labute approximate surface area is 112 Å². The van der Waals surface area contributed by atoms with Crippen molar-refractivity contribution in [2.75, 3.05) is 12.9 Å². The van der Waals surface area contributed by atoms with Gasteiger partial charge in [0.2, 0.25) is 0 Å². The highest BCUT2D eigenvalue weighted by molar-refractivity contribution is 8.00. The summed E-state index contributed by atoms with van der Waals surface area (Å²) in [5.74, 6) is -1.07. The van der Waals surface area contributed by atoms with E-state index in [-0.39, 0.29) is 12.4 Å². The van der Waals surface area contributed by atoms with Gasteiger partial charge in [0.15, 0.2) is 5.82 Å². The van der Waals surface area contributed by atoms with Gasteiger partial charge in [-0.05, 0) is 18.2 Å². The average Bonchev–Trinajstić information content (AvgIpc) is 2.37. The monoisotopic (exact) mass is 282 g/mol. The molecule has 0 aliphatic carbocycles. The lowest BCUT2D eigenvalue weighted by molar-refractivity contribution is -0.133. The van der Waals surface area contributed by atoms with Crippen LogP contribution >= 0.6 is 11.8 Å². The number of hydrogen-bond acceptors (Lipinski definition) is 5. The molecule has 0 unspecified atom stereocenters. The molecule has 100 valence electrons.